The highest BCUT2D eigenvalue weighted by molar-refractivity contribution is 6.15. The molecule has 0 atom stereocenters. The van der Waals surface area contributed by atoms with Gasteiger partial charge in [-0.1, -0.05) is 30.3 Å². The average Bonchev–Trinajstić information content (AvgIpc) is 2.51. The normalized spacial score (nSPS) is 11.1. The third-order valence-corrected chi connectivity index (χ3v) is 2.99. The van der Waals surface area contributed by atoms with Crippen LogP contribution in [0.2, 0.25) is 0 Å². The summed E-state index contributed by atoms with van der Waals surface area (Å²) < 4.78 is 4.96. The van der Waals surface area contributed by atoms with Crippen molar-refractivity contribution in [1.82, 2.24) is 4.90 Å². The Morgan fingerprint density at radius 1 is 1.08 bits per heavy atom. The first-order chi connectivity index (χ1) is 11.3. The highest BCUT2D eigenvalue weighted by atomic mass is 16.5. The maximum Gasteiger partial charge on any atom is 0.343 e. The Kier molecular flexibility index (Phi) is 6.73. The van der Waals surface area contributed by atoms with Crippen molar-refractivity contribution in [2.24, 2.45) is 0 Å². The van der Waals surface area contributed by atoms with Crippen molar-refractivity contribution in [3.8, 4) is 0 Å². The summed E-state index contributed by atoms with van der Waals surface area (Å²) in [5, 5.41) is 18.1. The van der Waals surface area contributed by atoms with E-state index in [9.17, 15) is 14.4 Å². The summed E-state index contributed by atoms with van der Waals surface area (Å²) >= 11 is 0. The van der Waals surface area contributed by atoms with E-state index in [4.69, 9.17) is 14.9 Å². The SMILES string of the molecule is CCOC(=O)/C(C=C(C(=O)O)C(=O)O)=C(\c1ccccc1)N(C)C. The Balaban J connectivity index is 3.71. The van der Waals surface area contributed by atoms with Crippen molar-refractivity contribution >= 4 is 23.6 Å². The number of hydrogen-bond donors (Lipinski definition) is 2. The molecule has 2 N–H and O–H groups in total. The summed E-state index contributed by atoms with van der Waals surface area (Å²) in [6, 6.07) is 8.74. The fourth-order valence-corrected chi connectivity index (χ4v) is 2.04. The van der Waals surface area contributed by atoms with Crippen LogP contribution in [0.1, 0.15) is 12.5 Å². The number of rotatable bonds is 7. The molecule has 0 aliphatic carbocycles. The highest BCUT2D eigenvalue weighted by Crippen LogP contribution is 2.24. The smallest absolute Gasteiger partial charge is 0.343 e. The van der Waals surface area contributed by atoms with Crippen molar-refractivity contribution in [2.75, 3.05) is 20.7 Å². The van der Waals surface area contributed by atoms with E-state index >= 15 is 0 Å². The molecule has 0 radical (unpaired) electrons. The van der Waals surface area contributed by atoms with Gasteiger partial charge in [0.25, 0.3) is 0 Å². The van der Waals surface area contributed by atoms with E-state index in [1.54, 1.807) is 56.3 Å². The molecule has 128 valence electrons. The van der Waals surface area contributed by atoms with Crippen molar-refractivity contribution in [2.45, 2.75) is 6.92 Å². The van der Waals surface area contributed by atoms with Crippen molar-refractivity contribution in [3.63, 3.8) is 0 Å². The second-order valence-corrected chi connectivity index (χ2v) is 4.91. The van der Waals surface area contributed by atoms with Gasteiger partial charge in [-0.2, -0.15) is 0 Å². The summed E-state index contributed by atoms with van der Waals surface area (Å²) in [6.45, 7) is 1.67. The number of carbonyl (C=O) groups excluding carboxylic acids is 1. The number of ether oxygens (including phenoxy) is 1. The van der Waals surface area contributed by atoms with Crippen molar-refractivity contribution in [3.05, 3.63) is 53.1 Å². The first kappa shape index (κ1) is 19.0. The number of carbonyl (C=O) groups is 3. The van der Waals surface area contributed by atoms with Crippen LogP contribution in [0.25, 0.3) is 5.70 Å². The van der Waals surface area contributed by atoms with Gasteiger partial charge in [-0.05, 0) is 18.6 Å². The number of carboxylic acids is 2. The fraction of sp³-hybridized carbons (Fsp3) is 0.235. The largest absolute Gasteiger partial charge is 0.477 e. The van der Waals surface area contributed by atoms with Crippen LogP contribution in [0.3, 0.4) is 0 Å². The first-order valence-electron chi connectivity index (χ1n) is 7.12. The van der Waals surface area contributed by atoms with Gasteiger partial charge >= 0.3 is 17.9 Å². The number of nitrogens with zero attached hydrogens (tertiary/aromatic N) is 1. The summed E-state index contributed by atoms with van der Waals surface area (Å²) in [7, 11) is 3.33. The monoisotopic (exact) mass is 333 g/mol. The zero-order valence-electron chi connectivity index (χ0n) is 13.6. The Morgan fingerprint density at radius 3 is 2.04 bits per heavy atom. The molecule has 1 aromatic rings. The quantitative estimate of drug-likeness (QED) is 0.257. The van der Waals surface area contributed by atoms with E-state index in [1.807, 2.05) is 0 Å². The molecule has 0 aliphatic rings. The number of esters is 1. The second-order valence-electron chi connectivity index (χ2n) is 4.91. The van der Waals surface area contributed by atoms with E-state index in [2.05, 4.69) is 0 Å². The maximum absolute atomic E-state index is 12.3. The number of aliphatic carboxylic acids is 2. The molecular formula is C17H19NO6. The zero-order chi connectivity index (χ0) is 18.3. The van der Waals surface area contributed by atoms with Gasteiger partial charge in [0.05, 0.1) is 17.9 Å². The number of carboxylic acid groups (broad SMARTS) is 2. The first-order valence-corrected chi connectivity index (χ1v) is 7.12. The molecule has 1 rings (SSSR count). The molecule has 0 spiro atoms. The predicted molar refractivity (Wildman–Crippen MR) is 87.0 cm³/mol. The molecule has 0 bridgehead atoms. The van der Waals surface area contributed by atoms with Crippen LogP contribution in [-0.2, 0) is 19.1 Å². The predicted octanol–water partition coefficient (Wildman–Crippen LogP) is 1.62. The number of hydrogen-bond acceptors (Lipinski definition) is 5. The Labute approximate surface area is 139 Å². The maximum atomic E-state index is 12.3. The lowest BCUT2D eigenvalue weighted by atomic mass is 10.0. The second kappa shape index (κ2) is 8.52. The number of benzene rings is 1. The minimum absolute atomic E-state index is 0.0706. The van der Waals surface area contributed by atoms with Crippen molar-refractivity contribution in [1.29, 1.82) is 0 Å². The molecule has 7 heteroatoms. The van der Waals surface area contributed by atoms with Gasteiger partial charge in [-0.25, -0.2) is 14.4 Å². The van der Waals surface area contributed by atoms with Gasteiger partial charge in [-0.15, -0.1) is 0 Å². The van der Waals surface area contributed by atoms with E-state index in [0.717, 1.165) is 6.08 Å². The summed E-state index contributed by atoms with van der Waals surface area (Å²) in [4.78, 5) is 36.2. The van der Waals surface area contributed by atoms with Gasteiger partial charge in [-0.3, -0.25) is 0 Å². The van der Waals surface area contributed by atoms with Crippen LogP contribution in [0.4, 0.5) is 0 Å². The lowest BCUT2D eigenvalue weighted by molar-refractivity contribution is -0.140. The topological polar surface area (TPSA) is 104 Å². The van der Waals surface area contributed by atoms with Crippen LogP contribution in [0.15, 0.2) is 47.6 Å². The lowest BCUT2D eigenvalue weighted by Gasteiger charge is -2.20. The lowest BCUT2D eigenvalue weighted by Crippen LogP contribution is -2.20. The summed E-state index contributed by atoms with van der Waals surface area (Å²) in [5.41, 5.74) is -0.0906. The molecule has 0 aliphatic heterocycles. The standard InChI is InChI=1S/C17H19NO6/c1-4-24-17(23)12(10-13(15(19)20)16(21)22)14(18(2)3)11-8-6-5-7-9-11/h5-10H,4H2,1-3H3,(H,19,20)(H,21,22)/b14-12+. The molecule has 0 fully saturated rings. The molecular weight excluding hydrogens is 314 g/mol. The van der Waals surface area contributed by atoms with Crippen LogP contribution >= 0.6 is 0 Å². The van der Waals surface area contributed by atoms with Gasteiger partial charge < -0.3 is 19.8 Å². The molecule has 0 heterocycles. The van der Waals surface area contributed by atoms with Gasteiger partial charge in [0, 0.05) is 14.1 Å². The van der Waals surface area contributed by atoms with Crippen LogP contribution in [0, 0.1) is 0 Å². The van der Waals surface area contributed by atoms with Crippen LogP contribution in [-0.4, -0.2) is 53.7 Å². The fourth-order valence-electron chi connectivity index (χ4n) is 2.04. The van der Waals surface area contributed by atoms with E-state index in [1.165, 1.54) is 0 Å². The third-order valence-electron chi connectivity index (χ3n) is 2.99. The molecule has 1 aromatic carbocycles. The minimum atomic E-state index is -1.64. The molecule has 0 amide bonds. The third kappa shape index (κ3) is 4.70. The van der Waals surface area contributed by atoms with Gasteiger partial charge in [0.2, 0.25) is 0 Å². The molecule has 0 saturated carbocycles. The van der Waals surface area contributed by atoms with Gasteiger partial charge in [0.1, 0.15) is 5.57 Å². The molecule has 0 aromatic heterocycles. The Bertz CT molecular complexity index is 672. The molecule has 24 heavy (non-hydrogen) atoms. The van der Waals surface area contributed by atoms with E-state index < -0.39 is 23.5 Å². The molecule has 0 unspecified atom stereocenters. The van der Waals surface area contributed by atoms with Crippen LogP contribution < -0.4 is 0 Å². The summed E-state index contributed by atoms with van der Waals surface area (Å²) in [5.74, 6) is -4.09. The summed E-state index contributed by atoms with van der Waals surface area (Å²) in [6.07, 6.45) is 0.824. The zero-order valence-corrected chi connectivity index (χ0v) is 13.6. The highest BCUT2D eigenvalue weighted by Gasteiger charge is 2.23. The Morgan fingerprint density at radius 2 is 1.62 bits per heavy atom. The van der Waals surface area contributed by atoms with E-state index in [0.29, 0.717) is 11.3 Å². The average molecular weight is 333 g/mol. The van der Waals surface area contributed by atoms with Crippen molar-refractivity contribution < 1.29 is 29.3 Å². The molecule has 7 nitrogen and oxygen atoms in total. The molecule has 0 saturated heterocycles. The van der Waals surface area contributed by atoms with Gasteiger partial charge in [0.15, 0.2) is 0 Å². The Hall–Kier alpha value is -3.09. The minimum Gasteiger partial charge on any atom is -0.477 e. The van der Waals surface area contributed by atoms with E-state index in [-0.39, 0.29) is 12.2 Å². The van der Waals surface area contributed by atoms with Crippen LogP contribution in [0.5, 0.6) is 0 Å².